The van der Waals surface area contributed by atoms with Crippen molar-refractivity contribution in [1.29, 1.82) is 0 Å². The highest BCUT2D eigenvalue weighted by Crippen LogP contribution is 2.25. The summed E-state index contributed by atoms with van der Waals surface area (Å²) in [6.07, 6.45) is 0.0529. The van der Waals surface area contributed by atoms with E-state index in [0.29, 0.717) is 0 Å². The van der Waals surface area contributed by atoms with Crippen LogP contribution in [0.3, 0.4) is 0 Å². The van der Waals surface area contributed by atoms with Crippen LogP contribution >= 0.6 is 15.9 Å². The van der Waals surface area contributed by atoms with E-state index in [1.54, 1.807) is 13.8 Å². The van der Waals surface area contributed by atoms with Crippen LogP contribution in [-0.2, 0) is 23.9 Å². The Kier molecular flexibility index (Phi) is 5.49. The third kappa shape index (κ3) is 3.62. The summed E-state index contributed by atoms with van der Waals surface area (Å²) in [5.74, 6) is -2.20. The second-order valence-corrected chi connectivity index (χ2v) is 3.80. The van der Waals surface area contributed by atoms with Gasteiger partial charge in [0.2, 0.25) is 0 Å². The van der Waals surface area contributed by atoms with Gasteiger partial charge in [-0.25, -0.2) is 4.79 Å². The highest BCUT2D eigenvalue weighted by Gasteiger charge is 2.47. The van der Waals surface area contributed by atoms with Crippen molar-refractivity contribution < 1.29 is 23.9 Å². The predicted molar refractivity (Wildman–Crippen MR) is 55.4 cm³/mol. The molecule has 0 aromatic rings. The highest BCUT2D eigenvalue weighted by atomic mass is 79.9. The summed E-state index contributed by atoms with van der Waals surface area (Å²) in [6, 6.07) is 0. The van der Waals surface area contributed by atoms with Gasteiger partial charge in [-0.3, -0.25) is 9.59 Å². The molecule has 0 fully saturated rings. The quantitative estimate of drug-likeness (QED) is 0.430. The van der Waals surface area contributed by atoms with Crippen molar-refractivity contribution in [2.24, 2.45) is 0 Å². The van der Waals surface area contributed by atoms with Crippen LogP contribution in [0.25, 0.3) is 0 Å². The summed E-state index contributed by atoms with van der Waals surface area (Å²) >= 11 is 2.81. The number of esters is 2. The molecule has 1 atom stereocenters. The number of ether oxygens (including phenoxy) is 2. The number of hydrogen-bond acceptors (Lipinski definition) is 5. The van der Waals surface area contributed by atoms with Crippen molar-refractivity contribution in [2.75, 3.05) is 6.61 Å². The molecule has 0 radical (unpaired) electrons. The van der Waals surface area contributed by atoms with Crippen LogP contribution in [0.4, 0.5) is 0 Å². The van der Waals surface area contributed by atoms with E-state index >= 15 is 0 Å². The standard InChI is InChI=1S/C9H13BrO5/c1-4-7(12)9(10,15-6(3)11)8(13)14-5-2/h4-5H2,1-3H3. The fraction of sp³-hybridized carbons (Fsp3) is 0.667. The Morgan fingerprint density at radius 3 is 2.13 bits per heavy atom. The first-order valence-electron chi connectivity index (χ1n) is 4.47. The fourth-order valence-corrected chi connectivity index (χ4v) is 1.48. The molecule has 0 heterocycles. The largest absolute Gasteiger partial charge is 0.462 e. The van der Waals surface area contributed by atoms with Crippen molar-refractivity contribution in [2.45, 2.75) is 31.7 Å². The molecule has 15 heavy (non-hydrogen) atoms. The van der Waals surface area contributed by atoms with Gasteiger partial charge in [0.15, 0.2) is 5.78 Å². The summed E-state index contributed by atoms with van der Waals surface area (Å²) < 4.78 is 7.31. The Labute approximate surface area is 96.2 Å². The van der Waals surface area contributed by atoms with E-state index in [9.17, 15) is 14.4 Å². The van der Waals surface area contributed by atoms with E-state index in [2.05, 4.69) is 25.4 Å². The molecule has 5 nitrogen and oxygen atoms in total. The molecule has 0 saturated heterocycles. The molecular weight excluding hydrogens is 268 g/mol. The van der Waals surface area contributed by atoms with Gasteiger partial charge in [-0.1, -0.05) is 6.92 Å². The number of carbonyl (C=O) groups is 3. The number of ketones is 1. The van der Waals surface area contributed by atoms with Crippen LogP contribution in [0.2, 0.25) is 0 Å². The Morgan fingerprint density at radius 2 is 1.80 bits per heavy atom. The number of alkyl halides is 1. The predicted octanol–water partition coefficient (Wildman–Crippen LogP) is 1.18. The Hall–Kier alpha value is -0.910. The lowest BCUT2D eigenvalue weighted by molar-refractivity contribution is -0.173. The molecule has 0 N–H and O–H groups in total. The van der Waals surface area contributed by atoms with Gasteiger partial charge in [-0.15, -0.1) is 0 Å². The summed E-state index contributed by atoms with van der Waals surface area (Å²) in [5, 5.41) is 0. The van der Waals surface area contributed by atoms with E-state index in [-0.39, 0.29) is 13.0 Å². The average molecular weight is 281 g/mol. The molecule has 0 aliphatic rings. The number of carbonyl (C=O) groups excluding carboxylic acids is 3. The molecule has 6 heteroatoms. The lowest BCUT2D eigenvalue weighted by Gasteiger charge is -2.22. The molecule has 0 spiro atoms. The average Bonchev–Trinajstić information content (AvgIpc) is 2.15. The van der Waals surface area contributed by atoms with E-state index in [0.717, 1.165) is 6.92 Å². The lowest BCUT2D eigenvalue weighted by atomic mass is 10.2. The third-order valence-electron chi connectivity index (χ3n) is 1.50. The first-order valence-corrected chi connectivity index (χ1v) is 5.26. The van der Waals surface area contributed by atoms with E-state index in [1.165, 1.54) is 0 Å². The van der Waals surface area contributed by atoms with Gasteiger partial charge in [0.1, 0.15) is 0 Å². The monoisotopic (exact) mass is 280 g/mol. The molecule has 0 aromatic heterocycles. The van der Waals surface area contributed by atoms with E-state index in [4.69, 9.17) is 0 Å². The van der Waals surface area contributed by atoms with Crippen LogP contribution in [0, 0.1) is 0 Å². The van der Waals surface area contributed by atoms with Crippen LogP contribution in [0.1, 0.15) is 27.2 Å². The van der Waals surface area contributed by atoms with Gasteiger partial charge in [0, 0.05) is 13.3 Å². The summed E-state index contributed by atoms with van der Waals surface area (Å²) in [6.45, 7) is 4.36. The van der Waals surface area contributed by atoms with Crippen molar-refractivity contribution in [1.82, 2.24) is 0 Å². The Balaban J connectivity index is 4.92. The van der Waals surface area contributed by atoms with Crippen LogP contribution in [0.5, 0.6) is 0 Å². The molecule has 0 rings (SSSR count). The number of Topliss-reactive ketones (excluding diaryl/α,β-unsaturated/α-hetero) is 1. The van der Waals surface area contributed by atoms with Crippen LogP contribution in [-0.4, -0.2) is 28.8 Å². The molecule has 0 aliphatic heterocycles. The van der Waals surface area contributed by atoms with Gasteiger partial charge in [0.05, 0.1) is 6.61 Å². The molecular formula is C9H13BrO5. The molecule has 0 saturated carbocycles. The number of halogens is 1. The highest BCUT2D eigenvalue weighted by molar-refractivity contribution is 9.10. The van der Waals surface area contributed by atoms with E-state index in [1.807, 2.05) is 0 Å². The first kappa shape index (κ1) is 14.1. The maximum Gasteiger partial charge on any atom is 0.370 e. The van der Waals surface area contributed by atoms with Crippen LogP contribution in [0.15, 0.2) is 0 Å². The normalized spacial score (nSPS) is 13.9. The van der Waals surface area contributed by atoms with Crippen LogP contribution < -0.4 is 0 Å². The maximum atomic E-state index is 11.5. The molecule has 0 bridgehead atoms. The van der Waals surface area contributed by atoms with Gasteiger partial charge < -0.3 is 9.47 Å². The Morgan fingerprint density at radius 1 is 1.27 bits per heavy atom. The minimum Gasteiger partial charge on any atom is -0.462 e. The molecule has 0 aliphatic carbocycles. The maximum absolute atomic E-state index is 11.5. The molecule has 0 amide bonds. The zero-order valence-electron chi connectivity index (χ0n) is 8.83. The summed E-state index contributed by atoms with van der Waals surface area (Å²) in [5.41, 5.74) is 0. The van der Waals surface area contributed by atoms with Crippen molar-refractivity contribution in [3.63, 3.8) is 0 Å². The summed E-state index contributed by atoms with van der Waals surface area (Å²) in [7, 11) is 0. The van der Waals surface area contributed by atoms with E-state index < -0.39 is 22.2 Å². The number of hydrogen-bond donors (Lipinski definition) is 0. The third-order valence-corrected chi connectivity index (χ3v) is 2.43. The first-order chi connectivity index (χ1) is 6.88. The summed E-state index contributed by atoms with van der Waals surface area (Å²) in [4.78, 5) is 33.7. The number of rotatable bonds is 5. The Bertz CT molecular complexity index is 276. The minimum atomic E-state index is -2.00. The van der Waals surface area contributed by atoms with Gasteiger partial charge in [0.25, 0.3) is 0 Å². The topological polar surface area (TPSA) is 69.7 Å². The van der Waals surface area contributed by atoms with Gasteiger partial charge in [-0.2, -0.15) is 0 Å². The second-order valence-electron chi connectivity index (χ2n) is 2.69. The van der Waals surface area contributed by atoms with Crippen molar-refractivity contribution in [3.8, 4) is 0 Å². The lowest BCUT2D eigenvalue weighted by Crippen LogP contribution is -2.45. The van der Waals surface area contributed by atoms with Crippen molar-refractivity contribution >= 4 is 33.7 Å². The second kappa shape index (κ2) is 5.85. The van der Waals surface area contributed by atoms with Gasteiger partial charge >= 0.3 is 16.4 Å². The minimum absolute atomic E-state index is 0.0529. The molecule has 1 unspecified atom stereocenters. The molecule has 86 valence electrons. The van der Waals surface area contributed by atoms with Crippen molar-refractivity contribution in [3.05, 3.63) is 0 Å². The SMILES string of the molecule is CCOC(=O)C(Br)(OC(C)=O)C(=O)CC. The molecule has 0 aromatic carbocycles. The zero-order chi connectivity index (χ0) is 12.1. The smallest absolute Gasteiger partial charge is 0.370 e. The zero-order valence-corrected chi connectivity index (χ0v) is 10.4. The van der Waals surface area contributed by atoms with Gasteiger partial charge in [-0.05, 0) is 22.9 Å². The fourth-order valence-electron chi connectivity index (χ4n) is 0.862.